The van der Waals surface area contributed by atoms with Crippen LogP contribution >= 0.6 is 0 Å². The third kappa shape index (κ3) is 14.2. The molecule has 11 rings (SSSR count). The molecular formula is C65H59N7O10. The Labute approximate surface area is 472 Å². The second kappa shape index (κ2) is 27.0. The first kappa shape index (κ1) is 54.3. The lowest BCUT2D eigenvalue weighted by molar-refractivity contribution is 0.0923. The van der Waals surface area contributed by atoms with E-state index in [1.54, 1.807) is 45.8 Å². The quantitative estimate of drug-likeness (QED) is 0.0422. The minimum atomic E-state index is -0.239. The fraction of sp³-hybridized carbons (Fsp3) is 0.200. The van der Waals surface area contributed by atoms with Crippen LogP contribution in [0.1, 0.15) is 28.1 Å². The summed E-state index contributed by atoms with van der Waals surface area (Å²) < 4.78 is 52.5. The molecule has 11 aromatic rings. The minimum Gasteiger partial charge on any atom is -0.491 e. The van der Waals surface area contributed by atoms with Gasteiger partial charge in [0, 0.05) is 43.2 Å². The van der Waals surface area contributed by atoms with Gasteiger partial charge in [-0.2, -0.15) is 0 Å². The fourth-order valence-electron chi connectivity index (χ4n) is 9.27. The first-order valence-electron chi connectivity index (χ1n) is 27.1. The van der Waals surface area contributed by atoms with Crippen molar-refractivity contribution in [1.82, 2.24) is 34.9 Å². The molecule has 0 saturated heterocycles. The number of ether oxygens (including phenoxy) is 6. The molecule has 0 aliphatic rings. The van der Waals surface area contributed by atoms with Crippen molar-refractivity contribution in [2.45, 2.75) is 45.9 Å². The summed E-state index contributed by atoms with van der Waals surface area (Å²) in [6, 6.07) is 58.7. The van der Waals surface area contributed by atoms with Crippen molar-refractivity contribution in [3.8, 4) is 45.6 Å². The summed E-state index contributed by atoms with van der Waals surface area (Å²) in [5, 5.41) is 18.6. The highest BCUT2D eigenvalue weighted by atomic mass is 16.5. The molecule has 0 atom stereocenters. The summed E-state index contributed by atoms with van der Waals surface area (Å²) in [7, 11) is 0. The van der Waals surface area contributed by atoms with Gasteiger partial charge in [0.05, 0.1) is 61.7 Å². The SMILES string of the molecule is O=c1c(OCc2ccccc2)c(-c2cccc(OCCOCCn3cc(CN(Cc4ccccc4)Cc4cn(CCOCCOc5cccc(-c6oc7ccccc7c(=O)c6OCc6ccccc6)c5)nn4)nn3)c2)oc2ccccc12. The van der Waals surface area contributed by atoms with Crippen molar-refractivity contribution in [3.63, 3.8) is 0 Å². The molecule has 0 saturated carbocycles. The van der Waals surface area contributed by atoms with Gasteiger partial charge in [-0.3, -0.25) is 14.5 Å². The van der Waals surface area contributed by atoms with Crippen LogP contribution in [0, 0.1) is 0 Å². The van der Waals surface area contributed by atoms with Gasteiger partial charge in [-0.25, -0.2) is 9.36 Å². The summed E-state index contributed by atoms with van der Waals surface area (Å²) in [6.45, 7) is 5.25. The van der Waals surface area contributed by atoms with Crippen molar-refractivity contribution in [3.05, 3.63) is 249 Å². The van der Waals surface area contributed by atoms with Gasteiger partial charge in [-0.05, 0) is 65.2 Å². The van der Waals surface area contributed by atoms with Crippen LogP contribution in [0.5, 0.6) is 23.0 Å². The lowest BCUT2D eigenvalue weighted by Crippen LogP contribution is -2.23. The van der Waals surface area contributed by atoms with Crippen LogP contribution in [-0.4, -0.2) is 74.5 Å². The topological polar surface area (TPSA) is 180 Å². The zero-order chi connectivity index (χ0) is 55.7. The Hall–Kier alpha value is -9.68. The Morgan fingerprint density at radius 2 is 0.841 bits per heavy atom. The average Bonchev–Trinajstić information content (AvgIpc) is 4.30. The van der Waals surface area contributed by atoms with E-state index >= 15 is 0 Å². The number of nitrogens with zero attached hydrogens (tertiary/aromatic N) is 7. The first-order chi connectivity index (χ1) is 40.5. The first-order valence-corrected chi connectivity index (χ1v) is 27.1. The molecule has 82 heavy (non-hydrogen) atoms. The smallest absolute Gasteiger partial charge is 0.235 e. The van der Waals surface area contributed by atoms with Crippen LogP contribution < -0.4 is 29.8 Å². The molecule has 0 bridgehead atoms. The molecule has 0 spiro atoms. The molecule has 4 aromatic heterocycles. The highest BCUT2D eigenvalue weighted by Crippen LogP contribution is 2.35. The molecule has 0 aliphatic carbocycles. The molecule has 4 heterocycles. The van der Waals surface area contributed by atoms with Gasteiger partial charge < -0.3 is 37.3 Å². The van der Waals surface area contributed by atoms with Crippen LogP contribution in [-0.2, 0) is 55.4 Å². The second-order valence-electron chi connectivity index (χ2n) is 19.3. The molecule has 0 N–H and O–H groups in total. The number of para-hydroxylation sites is 2. The van der Waals surface area contributed by atoms with E-state index in [2.05, 4.69) is 37.7 Å². The van der Waals surface area contributed by atoms with Crippen LogP contribution in [0.2, 0.25) is 0 Å². The van der Waals surface area contributed by atoms with E-state index in [1.807, 2.05) is 152 Å². The number of fused-ring (bicyclic) bond motifs is 2. The zero-order valence-corrected chi connectivity index (χ0v) is 45.0. The van der Waals surface area contributed by atoms with E-state index in [9.17, 15) is 9.59 Å². The molecular weight excluding hydrogens is 1040 g/mol. The third-order valence-corrected chi connectivity index (χ3v) is 13.3. The van der Waals surface area contributed by atoms with Crippen LogP contribution in [0.3, 0.4) is 0 Å². The predicted octanol–water partition coefficient (Wildman–Crippen LogP) is 11.0. The lowest BCUT2D eigenvalue weighted by Gasteiger charge is -2.20. The largest absolute Gasteiger partial charge is 0.491 e. The Bertz CT molecular complexity index is 3730. The number of benzene rings is 7. The Morgan fingerprint density at radius 3 is 1.30 bits per heavy atom. The van der Waals surface area contributed by atoms with E-state index < -0.39 is 0 Å². The summed E-state index contributed by atoms with van der Waals surface area (Å²) >= 11 is 0. The highest BCUT2D eigenvalue weighted by molar-refractivity contribution is 5.83. The maximum absolute atomic E-state index is 13.7. The van der Waals surface area contributed by atoms with Crippen molar-refractivity contribution in [1.29, 1.82) is 0 Å². The molecule has 17 heteroatoms. The van der Waals surface area contributed by atoms with E-state index in [1.165, 1.54) is 0 Å². The van der Waals surface area contributed by atoms with Gasteiger partial charge in [0.25, 0.3) is 0 Å². The standard InChI is InChI=1S/C65H59N7O10/c73-60-56-26-10-12-28-58(56)81-62(64(60)79-45-48-18-6-2-7-19-48)50-22-14-24-54(38-50)77-36-34-75-32-30-71-43-52(66-68-71)41-70(40-47-16-4-1-5-17-47)42-53-44-72(69-67-53)31-33-76-35-37-78-55-25-15-23-51(39-55)63-65(80-46-49-20-8-3-9-21-49)61(74)57-27-11-13-29-59(57)82-63/h1-29,38-39,43-44H,30-37,40-42,45-46H2. The molecule has 7 aromatic carbocycles. The normalized spacial score (nSPS) is 11.4. The molecule has 414 valence electrons. The van der Waals surface area contributed by atoms with Gasteiger partial charge in [-0.15, -0.1) is 10.2 Å². The van der Waals surface area contributed by atoms with Gasteiger partial charge in [0.1, 0.15) is 49.1 Å². The summed E-state index contributed by atoms with van der Waals surface area (Å²) in [4.78, 5) is 29.6. The van der Waals surface area contributed by atoms with Gasteiger partial charge in [0.2, 0.25) is 22.4 Å². The maximum atomic E-state index is 13.7. The van der Waals surface area contributed by atoms with Crippen LogP contribution in [0.4, 0.5) is 0 Å². The predicted molar refractivity (Wildman–Crippen MR) is 309 cm³/mol. The Kier molecular flexibility index (Phi) is 17.9. The average molecular weight is 1100 g/mol. The summed E-state index contributed by atoms with van der Waals surface area (Å²) in [6.07, 6.45) is 3.87. The molecule has 0 amide bonds. The molecule has 0 aliphatic heterocycles. The fourth-order valence-corrected chi connectivity index (χ4v) is 9.27. The van der Waals surface area contributed by atoms with Crippen LogP contribution in [0.25, 0.3) is 44.6 Å². The minimum absolute atomic E-state index is 0.144. The van der Waals surface area contributed by atoms with Crippen molar-refractivity contribution in [2.24, 2.45) is 0 Å². The van der Waals surface area contributed by atoms with E-state index in [4.69, 9.17) is 37.3 Å². The molecule has 0 radical (unpaired) electrons. The van der Waals surface area contributed by atoms with E-state index in [-0.39, 0.29) is 35.6 Å². The monoisotopic (exact) mass is 1100 g/mol. The zero-order valence-electron chi connectivity index (χ0n) is 45.0. The van der Waals surface area contributed by atoms with Crippen LogP contribution in [0.15, 0.2) is 219 Å². The van der Waals surface area contributed by atoms with Gasteiger partial charge in [-0.1, -0.05) is 150 Å². The number of rotatable bonds is 28. The van der Waals surface area contributed by atoms with Crippen molar-refractivity contribution < 1.29 is 37.3 Å². The van der Waals surface area contributed by atoms with Gasteiger partial charge in [0.15, 0.2) is 11.5 Å². The number of hydrogen-bond donors (Lipinski definition) is 0. The molecule has 0 unspecified atom stereocenters. The summed E-state index contributed by atoms with van der Waals surface area (Å²) in [5.41, 5.74) is 6.41. The number of hydrogen-bond acceptors (Lipinski definition) is 15. The highest BCUT2D eigenvalue weighted by Gasteiger charge is 2.21. The Morgan fingerprint density at radius 1 is 0.415 bits per heavy atom. The van der Waals surface area contributed by atoms with E-state index in [0.717, 1.165) is 28.1 Å². The second-order valence-corrected chi connectivity index (χ2v) is 19.3. The van der Waals surface area contributed by atoms with Crippen molar-refractivity contribution in [2.75, 3.05) is 39.6 Å². The molecule has 0 fully saturated rings. The maximum Gasteiger partial charge on any atom is 0.235 e. The third-order valence-electron chi connectivity index (χ3n) is 13.3. The summed E-state index contributed by atoms with van der Waals surface area (Å²) in [5.74, 6) is 2.15. The molecule has 17 nitrogen and oxygen atoms in total. The number of aromatic nitrogens is 6. The van der Waals surface area contributed by atoms with Gasteiger partial charge >= 0.3 is 0 Å². The van der Waals surface area contributed by atoms with E-state index in [0.29, 0.717) is 128 Å². The Balaban J connectivity index is 0.631. The van der Waals surface area contributed by atoms with Crippen molar-refractivity contribution >= 4 is 21.9 Å². The lowest BCUT2D eigenvalue weighted by atomic mass is 10.1.